The quantitative estimate of drug-likeness (QED) is 0.262. The number of carbonyl (C=O) groups is 3. The summed E-state index contributed by atoms with van der Waals surface area (Å²) in [7, 11) is 2.84. The Kier molecular flexibility index (Phi) is 7.79. The molecule has 0 bridgehead atoms. The zero-order valence-corrected chi connectivity index (χ0v) is 21.5. The smallest absolute Gasteiger partial charge is 0.341 e. The van der Waals surface area contributed by atoms with Crippen molar-refractivity contribution in [3.8, 4) is 17.4 Å². The lowest BCUT2D eigenvalue weighted by Gasteiger charge is -2.25. The predicted octanol–water partition coefficient (Wildman–Crippen LogP) is 1.91. The maximum atomic E-state index is 12.7. The first-order valence-corrected chi connectivity index (χ1v) is 12.8. The Balaban J connectivity index is 1.43. The van der Waals surface area contributed by atoms with Crippen molar-refractivity contribution in [2.45, 2.75) is 31.3 Å². The number of hydrogen-bond acceptors (Lipinski definition) is 10. The molecule has 3 heterocycles. The monoisotopic (exact) mass is 532 g/mol. The number of nitrogens with zero attached hydrogens (tertiary/aromatic N) is 3. The highest BCUT2D eigenvalue weighted by molar-refractivity contribution is 7.99. The molecule has 0 saturated carbocycles. The Morgan fingerprint density at radius 3 is 2.69 bits per heavy atom. The van der Waals surface area contributed by atoms with Crippen LogP contribution in [0.15, 0.2) is 33.8 Å². The predicted molar refractivity (Wildman–Crippen MR) is 128 cm³/mol. The average molecular weight is 533 g/mol. The number of esters is 1. The molecule has 11 nitrogen and oxygen atoms in total. The Labute approximate surface area is 214 Å². The Morgan fingerprint density at radius 1 is 1.28 bits per heavy atom. The molecule has 0 unspecified atom stereocenters. The lowest BCUT2D eigenvalue weighted by molar-refractivity contribution is -0.705. The summed E-state index contributed by atoms with van der Waals surface area (Å²) in [5.74, 6) is -0.578. The third-order valence-electron chi connectivity index (χ3n) is 5.60. The van der Waals surface area contributed by atoms with Gasteiger partial charge >= 0.3 is 5.97 Å². The standard InChI is InChI=1S/C23H24N4O7S2/c1-13(28)26-10-8-16-17(12-26)36-20(19(16)22(30)33-3)24-18(29)9-11-35-21-23(31)34-25-27(21)14-4-6-15(32-2)7-5-14/h4-7H,8-12H2,1-3H3,(H-,24,25,29,30,31). The number of thioether (sulfide) groups is 1. The van der Waals surface area contributed by atoms with Crippen molar-refractivity contribution >= 4 is 45.9 Å². The number of benzene rings is 1. The zero-order chi connectivity index (χ0) is 25.8. The van der Waals surface area contributed by atoms with Gasteiger partial charge in [0.1, 0.15) is 10.8 Å². The molecule has 0 fully saturated rings. The molecule has 1 aromatic carbocycles. The van der Waals surface area contributed by atoms with Crippen LogP contribution in [0.2, 0.25) is 0 Å². The van der Waals surface area contributed by atoms with Crippen molar-refractivity contribution in [1.29, 1.82) is 0 Å². The third kappa shape index (κ3) is 5.31. The van der Waals surface area contributed by atoms with E-state index in [4.69, 9.17) is 14.0 Å². The van der Waals surface area contributed by atoms with E-state index in [9.17, 15) is 19.5 Å². The molecule has 0 aliphatic carbocycles. The van der Waals surface area contributed by atoms with Crippen LogP contribution < -0.4 is 19.8 Å². The van der Waals surface area contributed by atoms with Crippen LogP contribution in [0, 0.1) is 0 Å². The van der Waals surface area contributed by atoms with Gasteiger partial charge in [0.2, 0.25) is 17.5 Å². The summed E-state index contributed by atoms with van der Waals surface area (Å²) < 4.78 is 16.3. The van der Waals surface area contributed by atoms with E-state index < -0.39 is 11.9 Å². The molecule has 2 aromatic heterocycles. The number of rotatable bonds is 8. The average Bonchev–Trinajstić information content (AvgIpc) is 3.42. The van der Waals surface area contributed by atoms with Gasteiger partial charge in [-0.3, -0.25) is 9.59 Å². The number of hydrogen-bond donors (Lipinski definition) is 1. The summed E-state index contributed by atoms with van der Waals surface area (Å²) in [6.45, 7) is 2.38. The highest BCUT2D eigenvalue weighted by atomic mass is 32.2. The van der Waals surface area contributed by atoms with Crippen molar-refractivity contribution in [3.05, 3.63) is 40.3 Å². The normalized spacial score (nSPS) is 12.7. The minimum Gasteiger partial charge on any atom is -0.538 e. The lowest BCUT2D eigenvalue weighted by Crippen LogP contribution is -2.34. The Hall–Kier alpha value is -3.58. The number of anilines is 1. The maximum absolute atomic E-state index is 12.7. The molecule has 0 atom stereocenters. The van der Waals surface area contributed by atoms with Gasteiger partial charge < -0.3 is 29.3 Å². The number of nitrogens with one attached hydrogen (secondary N) is 1. The van der Waals surface area contributed by atoms with Crippen LogP contribution >= 0.6 is 23.1 Å². The molecule has 4 rings (SSSR count). The SMILES string of the molecule is COC(=O)c1c(NC(=O)CCSc2c([O-])on[n+]2-c2ccc(OC)cc2)sc2c1CCN(C(C)=O)C2. The molecule has 1 aliphatic rings. The van der Waals surface area contributed by atoms with Gasteiger partial charge in [-0.2, -0.15) is 0 Å². The Morgan fingerprint density at radius 2 is 2.03 bits per heavy atom. The van der Waals surface area contributed by atoms with Gasteiger partial charge in [-0.1, -0.05) is 11.8 Å². The molecule has 13 heteroatoms. The summed E-state index contributed by atoms with van der Waals surface area (Å²) in [5.41, 5.74) is 1.75. The van der Waals surface area contributed by atoms with Crippen molar-refractivity contribution in [2.75, 3.05) is 31.8 Å². The number of carbonyl (C=O) groups excluding carboxylic acids is 3. The molecule has 0 radical (unpaired) electrons. The van der Waals surface area contributed by atoms with Crippen molar-refractivity contribution in [1.82, 2.24) is 10.2 Å². The molecule has 190 valence electrons. The molecule has 36 heavy (non-hydrogen) atoms. The van der Waals surface area contributed by atoms with Crippen molar-refractivity contribution in [2.24, 2.45) is 0 Å². The van der Waals surface area contributed by atoms with E-state index in [-0.39, 0.29) is 29.0 Å². The van der Waals surface area contributed by atoms with Crippen molar-refractivity contribution in [3.63, 3.8) is 0 Å². The first kappa shape index (κ1) is 25.5. The van der Waals surface area contributed by atoms with Crippen LogP contribution in [0.4, 0.5) is 5.00 Å². The number of fused-ring (bicyclic) bond motifs is 1. The van der Waals surface area contributed by atoms with Crippen LogP contribution in [-0.4, -0.2) is 54.5 Å². The molecule has 2 amide bonds. The zero-order valence-electron chi connectivity index (χ0n) is 19.9. The minimum absolute atomic E-state index is 0.0466. The molecule has 1 aliphatic heterocycles. The lowest BCUT2D eigenvalue weighted by atomic mass is 10.0. The van der Waals surface area contributed by atoms with Gasteiger partial charge in [-0.25, -0.2) is 4.79 Å². The number of methoxy groups -OCH3 is 2. The summed E-state index contributed by atoms with van der Waals surface area (Å²) in [4.78, 5) is 39.5. The third-order valence-corrected chi connectivity index (χ3v) is 7.76. The fraction of sp³-hybridized carbons (Fsp3) is 0.348. The van der Waals surface area contributed by atoms with Gasteiger partial charge in [0.25, 0.3) is 5.03 Å². The second-order valence-electron chi connectivity index (χ2n) is 7.81. The van der Waals surface area contributed by atoms with E-state index in [2.05, 4.69) is 10.6 Å². The van der Waals surface area contributed by atoms with Crippen LogP contribution in [0.25, 0.3) is 5.69 Å². The molecular weight excluding hydrogens is 508 g/mol. The minimum atomic E-state index is -0.606. The van der Waals surface area contributed by atoms with Crippen LogP contribution in [0.1, 0.15) is 34.1 Å². The molecular formula is C23H24N4O7S2. The van der Waals surface area contributed by atoms with Gasteiger partial charge in [0, 0.05) is 42.7 Å². The topological polar surface area (TPSA) is 138 Å². The summed E-state index contributed by atoms with van der Waals surface area (Å²) in [6, 6.07) is 6.94. The Bertz CT molecular complexity index is 1290. The first-order valence-electron chi connectivity index (χ1n) is 11.0. The van der Waals surface area contributed by atoms with Crippen LogP contribution in [0.3, 0.4) is 0 Å². The highest BCUT2D eigenvalue weighted by Gasteiger charge is 2.30. The summed E-state index contributed by atoms with van der Waals surface area (Å²) in [6.07, 6.45) is 0.577. The number of amides is 2. The summed E-state index contributed by atoms with van der Waals surface area (Å²) in [5, 5.41) is 19.4. The second-order valence-corrected chi connectivity index (χ2v) is 10.0. The van der Waals surface area contributed by atoms with Gasteiger partial charge in [-0.05, 0) is 28.8 Å². The van der Waals surface area contributed by atoms with Crippen molar-refractivity contribution < 1.29 is 38.2 Å². The van der Waals surface area contributed by atoms with Gasteiger partial charge in [-0.15, -0.1) is 11.3 Å². The molecule has 1 N–H and O–H groups in total. The highest BCUT2D eigenvalue weighted by Crippen LogP contribution is 2.38. The molecule has 3 aromatic rings. The number of ether oxygens (including phenoxy) is 2. The van der Waals surface area contributed by atoms with Gasteiger partial charge in [0.15, 0.2) is 5.95 Å². The number of aromatic nitrogens is 2. The fourth-order valence-corrected chi connectivity index (χ4v) is 5.92. The number of thiophene rings is 1. The molecule has 0 spiro atoms. The molecule has 0 saturated heterocycles. The van der Waals surface area contributed by atoms with Crippen LogP contribution in [0.5, 0.6) is 11.7 Å². The largest absolute Gasteiger partial charge is 0.538 e. The van der Waals surface area contributed by atoms with E-state index in [1.807, 2.05) is 0 Å². The van der Waals surface area contributed by atoms with E-state index in [1.165, 1.54) is 30.1 Å². The van der Waals surface area contributed by atoms with Gasteiger partial charge in [0.05, 0.1) is 31.6 Å². The first-order chi connectivity index (χ1) is 17.3. The van der Waals surface area contributed by atoms with Crippen LogP contribution in [-0.2, 0) is 27.3 Å². The van der Waals surface area contributed by atoms with E-state index in [0.717, 1.165) is 22.2 Å². The second kappa shape index (κ2) is 11.0. The van der Waals surface area contributed by atoms with E-state index in [1.54, 1.807) is 36.3 Å². The fourth-order valence-electron chi connectivity index (χ4n) is 3.76. The van der Waals surface area contributed by atoms with E-state index in [0.29, 0.717) is 41.5 Å². The maximum Gasteiger partial charge on any atom is 0.341 e. The van der Waals surface area contributed by atoms with E-state index >= 15 is 0 Å². The summed E-state index contributed by atoms with van der Waals surface area (Å²) >= 11 is 2.41.